The Hall–Kier alpha value is -0.340. The fraction of sp³-hybridized carbons (Fsp3) is 0.833. The summed E-state index contributed by atoms with van der Waals surface area (Å²) in [5.41, 5.74) is 1.35. The quantitative estimate of drug-likeness (QED) is 0.463. The molecule has 0 radical (unpaired) electrons. The van der Waals surface area contributed by atoms with Gasteiger partial charge in [0.25, 0.3) is 0 Å². The molecule has 0 aliphatic rings. The number of rotatable bonds is 7. The molecule has 0 saturated carbocycles. The van der Waals surface area contributed by atoms with E-state index < -0.39 is 0 Å². The van der Waals surface area contributed by atoms with Crippen LogP contribution in [0.5, 0.6) is 0 Å². The SMILES string of the molecule is COC(C=C(C)CCCC(C)C)OC. The Labute approximate surface area is 88.3 Å². The summed E-state index contributed by atoms with van der Waals surface area (Å²) in [6.45, 7) is 6.64. The molecule has 0 rings (SSSR count). The van der Waals surface area contributed by atoms with Crippen molar-refractivity contribution in [2.45, 2.75) is 46.3 Å². The third-order valence-corrected chi connectivity index (χ3v) is 2.24. The third kappa shape index (κ3) is 7.10. The molecule has 0 amide bonds. The van der Waals surface area contributed by atoms with Gasteiger partial charge in [-0.2, -0.15) is 0 Å². The molecule has 0 heterocycles. The smallest absolute Gasteiger partial charge is 0.176 e. The normalized spacial score (nSPS) is 12.9. The van der Waals surface area contributed by atoms with Gasteiger partial charge in [-0.1, -0.05) is 25.8 Å². The highest BCUT2D eigenvalue weighted by molar-refractivity contribution is 4.99. The van der Waals surface area contributed by atoms with Crippen LogP contribution in [-0.2, 0) is 9.47 Å². The lowest BCUT2D eigenvalue weighted by molar-refractivity contribution is -0.0671. The molecule has 0 aromatic rings. The minimum atomic E-state index is -0.186. The lowest BCUT2D eigenvalue weighted by atomic mass is 10.0. The topological polar surface area (TPSA) is 18.5 Å². The molecule has 0 spiro atoms. The molecule has 84 valence electrons. The van der Waals surface area contributed by atoms with Crippen molar-refractivity contribution in [3.8, 4) is 0 Å². The standard InChI is InChI=1S/C12H24O2/c1-10(2)7-6-8-11(3)9-12(13-4)14-5/h9-10,12H,6-8H2,1-5H3. The summed E-state index contributed by atoms with van der Waals surface area (Å²) in [5.74, 6) is 0.795. The maximum atomic E-state index is 5.10. The van der Waals surface area contributed by atoms with E-state index in [1.54, 1.807) is 14.2 Å². The first-order valence-corrected chi connectivity index (χ1v) is 5.33. The van der Waals surface area contributed by atoms with Crippen LogP contribution >= 0.6 is 0 Å². The van der Waals surface area contributed by atoms with Crippen LogP contribution in [0.1, 0.15) is 40.0 Å². The van der Waals surface area contributed by atoms with Crippen molar-refractivity contribution < 1.29 is 9.47 Å². The van der Waals surface area contributed by atoms with Gasteiger partial charge in [0.05, 0.1) is 0 Å². The first kappa shape index (κ1) is 13.7. The largest absolute Gasteiger partial charge is 0.352 e. The van der Waals surface area contributed by atoms with E-state index in [9.17, 15) is 0 Å². The summed E-state index contributed by atoms with van der Waals surface area (Å²) >= 11 is 0. The van der Waals surface area contributed by atoms with Gasteiger partial charge in [-0.3, -0.25) is 0 Å². The Morgan fingerprint density at radius 2 is 1.79 bits per heavy atom. The van der Waals surface area contributed by atoms with E-state index in [-0.39, 0.29) is 6.29 Å². The Morgan fingerprint density at radius 1 is 1.21 bits per heavy atom. The molecule has 0 N–H and O–H groups in total. The Kier molecular flexibility index (Phi) is 7.81. The summed E-state index contributed by atoms with van der Waals surface area (Å²) in [5, 5.41) is 0. The van der Waals surface area contributed by atoms with Gasteiger partial charge in [-0.05, 0) is 31.8 Å². The molecule has 2 heteroatoms. The zero-order valence-electron chi connectivity index (χ0n) is 10.2. The van der Waals surface area contributed by atoms with Gasteiger partial charge in [0, 0.05) is 14.2 Å². The van der Waals surface area contributed by atoms with Crippen molar-refractivity contribution in [3.63, 3.8) is 0 Å². The summed E-state index contributed by atoms with van der Waals surface area (Å²) in [6, 6.07) is 0. The number of methoxy groups -OCH3 is 2. The summed E-state index contributed by atoms with van der Waals surface area (Å²) < 4.78 is 10.2. The zero-order valence-corrected chi connectivity index (χ0v) is 10.2. The second kappa shape index (κ2) is 8.01. The van der Waals surface area contributed by atoms with E-state index >= 15 is 0 Å². The van der Waals surface area contributed by atoms with Crippen molar-refractivity contribution in [2.24, 2.45) is 5.92 Å². The van der Waals surface area contributed by atoms with Crippen LogP contribution < -0.4 is 0 Å². The van der Waals surface area contributed by atoms with Crippen LogP contribution in [0.4, 0.5) is 0 Å². The first-order chi connectivity index (χ1) is 6.60. The van der Waals surface area contributed by atoms with E-state index in [1.165, 1.54) is 18.4 Å². The van der Waals surface area contributed by atoms with Crippen molar-refractivity contribution in [2.75, 3.05) is 14.2 Å². The number of hydrogen-bond acceptors (Lipinski definition) is 2. The Bertz CT molecular complexity index is 158. The monoisotopic (exact) mass is 200 g/mol. The van der Waals surface area contributed by atoms with Gasteiger partial charge in [0.2, 0.25) is 0 Å². The van der Waals surface area contributed by atoms with Crippen LogP contribution in [0.25, 0.3) is 0 Å². The lowest BCUT2D eigenvalue weighted by Gasteiger charge is -2.10. The average molecular weight is 200 g/mol. The molecule has 14 heavy (non-hydrogen) atoms. The highest BCUT2D eigenvalue weighted by atomic mass is 16.7. The van der Waals surface area contributed by atoms with Crippen LogP contribution in [0.3, 0.4) is 0 Å². The minimum Gasteiger partial charge on any atom is -0.352 e. The predicted octanol–water partition coefficient (Wildman–Crippen LogP) is 3.38. The molecule has 0 saturated heterocycles. The zero-order chi connectivity index (χ0) is 11.0. The fourth-order valence-electron chi connectivity index (χ4n) is 1.34. The second-order valence-electron chi connectivity index (χ2n) is 4.14. The molecule has 0 aromatic carbocycles. The van der Waals surface area contributed by atoms with Crippen molar-refractivity contribution in [1.82, 2.24) is 0 Å². The molecule has 0 unspecified atom stereocenters. The molecule has 0 fully saturated rings. The van der Waals surface area contributed by atoms with Gasteiger partial charge >= 0.3 is 0 Å². The molecular weight excluding hydrogens is 176 g/mol. The maximum Gasteiger partial charge on any atom is 0.176 e. The molecule has 0 aromatic heterocycles. The molecule has 0 aliphatic carbocycles. The van der Waals surface area contributed by atoms with Gasteiger partial charge in [0.15, 0.2) is 6.29 Å². The highest BCUT2D eigenvalue weighted by Gasteiger charge is 2.01. The van der Waals surface area contributed by atoms with Crippen LogP contribution in [0, 0.1) is 5.92 Å². The average Bonchev–Trinajstić information content (AvgIpc) is 2.13. The molecule has 0 bridgehead atoms. The predicted molar refractivity (Wildman–Crippen MR) is 60.3 cm³/mol. The van der Waals surface area contributed by atoms with Gasteiger partial charge in [-0.15, -0.1) is 0 Å². The molecule has 2 nitrogen and oxygen atoms in total. The molecular formula is C12H24O2. The minimum absolute atomic E-state index is 0.186. The van der Waals surface area contributed by atoms with Gasteiger partial charge in [-0.25, -0.2) is 0 Å². The number of hydrogen-bond donors (Lipinski definition) is 0. The third-order valence-electron chi connectivity index (χ3n) is 2.24. The fourth-order valence-corrected chi connectivity index (χ4v) is 1.34. The molecule has 0 atom stereocenters. The second-order valence-corrected chi connectivity index (χ2v) is 4.14. The summed E-state index contributed by atoms with van der Waals surface area (Å²) in [4.78, 5) is 0. The van der Waals surface area contributed by atoms with Gasteiger partial charge in [0.1, 0.15) is 0 Å². The van der Waals surface area contributed by atoms with Crippen LogP contribution in [0.2, 0.25) is 0 Å². The van der Waals surface area contributed by atoms with Crippen molar-refractivity contribution in [1.29, 1.82) is 0 Å². The first-order valence-electron chi connectivity index (χ1n) is 5.33. The van der Waals surface area contributed by atoms with E-state index in [2.05, 4.69) is 20.8 Å². The van der Waals surface area contributed by atoms with Gasteiger partial charge < -0.3 is 9.47 Å². The lowest BCUT2D eigenvalue weighted by Crippen LogP contribution is -2.09. The van der Waals surface area contributed by atoms with E-state index in [0.29, 0.717) is 0 Å². The van der Waals surface area contributed by atoms with Crippen LogP contribution in [0.15, 0.2) is 11.6 Å². The Balaban J connectivity index is 3.75. The summed E-state index contributed by atoms with van der Waals surface area (Å²) in [6.07, 6.45) is 5.53. The number of allylic oxidation sites excluding steroid dienone is 1. The van der Waals surface area contributed by atoms with E-state index in [4.69, 9.17) is 9.47 Å². The maximum absolute atomic E-state index is 5.10. The van der Waals surface area contributed by atoms with E-state index in [1.807, 2.05) is 6.08 Å². The van der Waals surface area contributed by atoms with Crippen molar-refractivity contribution in [3.05, 3.63) is 11.6 Å². The number of ether oxygens (including phenoxy) is 2. The van der Waals surface area contributed by atoms with E-state index in [0.717, 1.165) is 12.3 Å². The van der Waals surface area contributed by atoms with Crippen LogP contribution in [-0.4, -0.2) is 20.5 Å². The van der Waals surface area contributed by atoms with Crippen molar-refractivity contribution >= 4 is 0 Å². The highest BCUT2D eigenvalue weighted by Crippen LogP contribution is 2.12. The molecule has 0 aliphatic heterocycles. The Morgan fingerprint density at radius 3 is 2.21 bits per heavy atom. The summed E-state index contributed by atoms with van der Waals surface area (Å²) in [7, 11) is 3.32.